The van der Waals surface area contributed by atoms with Crippen LogP contribution < -0.4 is 0 Å². The summed E-state index contributed by atoms with van der Waals surface area (Å²) in [5.74, 6) is 0.160. The molecule has 1 aliphatic heterocycles. The van der Waals surface area contributed by atoms with Crippen molar-refractivity contribution in [1.29, 1.82) is 0 Å². The molecular weight excluding hydrogens is 336 g/mol. The summed E-state index contributed by atoms with van der Waals surface area (Å²) in [4.78, 5) is 26.4. The maximum atomic E-state index is 13.5. The molecule has 1 unspecified atom stereocenters. The molecular formula is C18H22N4O2S. The summed E-state index contributed by atoms with van der Waals surface area (Å²) in [5, 5.41) is 2.96. The Bertz CT molecular complexity index is 684. The van der Waals surface area contributed by atoms with Gasteiger partial charge in [0.15, 0.2) is 0 Å². The van der Waals surface area contributed by atoms with Gasteiger partial charge in [-0.3, -0.25) is 14.7 Å². The van der Waals surface area contributed by atoms with Crippen LogP contribution in [0.3, 0.4) is 0 Å². The first-order valence-corrected chi connectivity index (χ1v) is 9.61. The highest BCUT2D eigenvalue weighted by Crippen LogP contribution is 2.33. The third-order valence-corrected chi connectivity index (χ3v) is 5.47. The molecule has 2 fully saturated rings. The molecule has 4 rings (SSSR count). The van der Waals surface area contributed by atoms with Gasteiger partial charge in [0.05, 0.1) is 19.8 Å². The number of carbonyl (C=O) groups excluding carboxylic acids is 1. The maximum Gasteiger partial charge on any atom is 0.245 e. The molecule has 0 radical (unpaired) electrons. The van der Waals surface area contributed by atoms with E-state index in [9.17, 15) is 4.79 Å². The van der Waals surface area contributed by atoms with E-state index in [1.54, 1.807) is 23.7 Å². The molecule has 0 N–H and O–H groups in total. The van der Waals surface area contributed by atoms with Crippen molar-refractivity contribution in [2.24, 2.45) is 0 Å². The van der Waals surface area contributed by atoms with E-state index in [1.807, 2.05) is 28.6 Å². The molecule has 1 aliphatic carbocycles. The van der Waals surface area contributed by atoms with Gasteiger partial charge in [-0.05, 0) is 24.5 Å². The fourth-order valence-electron chi connectivity index (χ4n) is 3.29. The van der Waals surface area contributed by atoms with E-state index in [0.29, 0.717) is 25.8 Å². The number of pyridine rings is 1. The zero-order valence-corrected chi connectivity index (χ0v) is 14.9. The lowest BCUT2D eigenvalue weighted by molar-refractivity contribution is -0.140. The zero-order chi connectivity index (χ0) is 17.1. The number of morpholine rings is 1. The predicted octanol–water partition coefficient (Wildman–Crippen LogP) is 2.10. The fraction of sp³-hybridized carbons (Fsp3) is 0.500. The molecule has 25 heavy (non-hydrogen) atoms. The minimum absolute atomic E-state index is 0.160. The predicted molar refractivity (Wildman–Crippen MR) is 95.1 cm³/mol. The molecule has 0 bridgehead atoms. The van der Waals surface area contributed by atoms with E-state index < -0.39 is 0 Å². The second kappa shape index (κ2) is 7.59. The van der Waals surface area contributed by atoms with Crippen LogP contribution in [0.5, 0.6) is 0 Å². The van der Waals surface area contributed by atoms with Crippen LogP contribution in [0.15, 0.2) is 36.1 Å². The minimum atomic E-state index is -0.293. The van der Waals surface area contributed by atoms with Crippen LogP contribution in [-0.2, 0) is 16.1 Å². The molecule has 2 aromatic heterocycles. The van der Waals surface area contributed by atoms with E-state index >= 15 is 0 Å². The maximum absolute atomic E-state index is 13.5. The van der Waals surface area contributed by atoms with Gasteiger partial charge in [0.1, 0.15) is 11.0 Å². The average molecular weight is 358 g/mol. The molecule has 1 saturated heterocycles. The van der Waals surface area contributed by atoms with Gasteiger partial charge in [0.2, 0.25) is 5.91 Å². The van der Waals surface area contributed by atoms with E-state index in [4.69, 9.17) is 4.74 Å². The Kier molecular flexibility index (Phi) is 5.05. The van der Waals surface area contributed by atoms with Gasteiger partial charge in [-0.2, -0.15) is 0 Å². The van der Waals surface area contributed by atoms with E-state index in [1.165, 1.54) is 0 Å². The summed E-state index contributed by atoms with van der Waals surface area (Å²) in [7, 11) is 0. The smallest absolute Gasteiger partial charge is 0.245 e. The first kappa shape index (κ1) is 16.6. The molecule has 1 saturated carbocycles. The summed E-state index contributed by atoms with van der Waals surface area (Å²) >= 11 is 1.61. The molecule has 1 atom stereocenters. The molecule has 1 amide bonds. The fourth-order valence-corrected chi connectivity index (χ4v) is 3.90. The summed E-state index contributed by atoms with van der Waals surface area (Å²) in [6.07, 6.45) is 7.53. The largest absolute Gasteiger partial charge is 0.379 e. The Morgan fingerprint density at radius 3 is 2.84 bits per heavy atom. The van der Waals surface area contributed by atoms with Crippen molar-refractivity contribution >= 4 is 17.2 Å². The highest BCUT2D eigenvalue weighted by Gasteiger charge is 2.39. The van der Waals surface area contributed by atoms with Crippen LogP contribution in [0, 0.1) is 0 Å². The van der Waals surface area contributed by atoms with Gasteiger partial charge >= 0.3 is 0 Å². The topological polar surface area (TPSA) is 58.6 Å². The number of nitrogens with zero attached hydrogens (tertiary/aromatic N) is 4. The van der Waals surface area contributed by atoms with Crippen molar-refractivity contribution < 1.29 is 9.53 Å². The Labute approximate surface area is 151 Å². The summed E-state index contributed by atoms with van der Waals surface area (Å²) in [5.41, 5.74) is 0.958. The summed E-state index contributed by atoms with van der Waals surface area (Å²) in [6.45, 7) is 3.46. The average Bonchev–Trinajstić information content (AvgIpc) is 3.37. The highest BCUT2D eigenvalue weighted by atomic mass is 32.1. The SMILES string of the molecule is O=C(C(c1cccnc1)N1CCOCC1)N(Cc1nccs1)C1CC1. The second-order valence-electron chi connectivity index (χ2n) is 6.46. The van der Waals surface area contributed by atoms with Crippen LogP contribution in [-0.4, -0.2) is 58.0 Å². The quantitative estimate of drug-likeness (QED) is 0.791. The Hall–Kier alpha value is -1.83. The Morgan fingerprint density at radius 1 is 1.36 bits per heavy atom. The second-order valence-corrected chi connectivity index (χ2v) is 7.44. The first-order valence-electron chi connectivity index (χ1n) is 8.73. The van der Waals surface area contributed by atoms with Crippen LogP contribution in [0.1, 0.15) is 29.5 Å². The number of carbonyl (C=O) groups is 1. The van der Waals surface area contributed by atoms with E-state index in [-0.39, 0.29) is 11.9 Å². The van der Waals surface area contributed by atoms with Crippen LogP contribution in [0.4, 0.5) is 0 Å². The van der Waals surface area contributed by atoms with Crippen molar-refractivity contribution in [3.8, 4) is 0 Å². The van der Waals surface area contributed by atoms with Gasteiger partial charge in [0, 0.05) is 43.1 Å². The summed E-state index contributed by atoms with van der Waals surface area (Å²) < 4.78 is 5.48. The van der Waals surface area contributed by atoms with E-state index in [0.717, 1.165) is 36.5 Å². The van der Waals surface area contributed by atoms with Gasteiger partial charge in [0.25, 0.3) is 0 Å². The number of hydrogen-bond donors (Lipinski definition) is 0. The van der Waals surface area contributed by atoms with Crippen molar-refractivity contribution in [3.63, 3.8) is 0 Å². The van der Waals surface area contributed by atoms with Crippen molar-refractivity contribution in [3.05, 3.63) is 46.7 Å². The molecule has 2 aliphatic rings. The number of rotatable bonds is 6. The van der Waals surface area contributed by atoms with Crippen LogP contribution in [0.2, 0.25) is 0 Å². The number of aromatic nitrogens is 2. The molecule has 0 spiro atoms. The van der Waals surface area contributed by atoms with Crippen LogP contribution in [0.25, 0.3) is 0 Å². The lowest BCUT2D eigenvalue weighted by atomic mass is 10.0. The van der Waals surface area contributed by atoms with Crippen LogP contribution >= 0.6 is 11.3 Å². The number of ether oxygens (including phenoxy) is 1. The summed E-state index contributed by atoms with van der Waals surface area (Å²) in [6, 6.07) is 3.95. The zero-order valence-electron chi connectivity index (χ0n) is 14.1. The molecule has 2 aromatic rings. The van der Waals surface area contributed by atoms with Crippen molar-refractivity contribution in [2.75, 3.05) is 26.3 Å². The molecule has 3 heterocycles. The normalized spacial score (nSPS) is 19.5. The Balaban J connectivity index is 1.61. The highest BCUT2D eigenvalue weighted by molar-refractivity contribution is 7.09. The monoisotopic (exact) mass is 358 g/mol. The standard InChI is InChI=1S/C18H22N4O2S/c23-18(22(15-3-4-15)13-16-20-6-11-25-16)17(14-2-1-5-19-12-14)21-7-9-24-10-8-21/h1-2,5-6,11-12,15,17H,3-4,7-10,13H2. The van der Waals surface area contributed by atoms with Gasteiger partial charge in [-0.25, -0.2) is 4.98 Å². The minimum Gasteiger partial charge on any atom is -0.379 e. The number of hydrogen-bond acceptors (Lipinski definition) is 6. The van der Waals surface area contributed by atoms with Crippen molar-refractivity contribution in [2.45, 2.75) is 31.5 Å². The molecule has 132 valence electrons. The third kappa shape index (κ3) is 3.89. The third-order valence-electron chi connectivity index (χ3n) is 4.70. The Morgan fingerprint density at radius 2 is 2.20 bits per heavy atom. The van der Waals surface area contributed by atoms with Gasteiger partial charge < -0.3 is 9.64 Å². The van der Waals surface area contributed by atoms with E-state index in [2.05, 4.69) is 14.9 Å². The lowest BCUT2D eigenvalue weighted by Crippen LogP contribution is -2.47. The van der Waals surface area contributed by atoms with Crippen molar-refractivity contribution in [1.82, 2.24) is 19.8 Å². The van der Waals surface area contributed by atoms with Gasteiger partial charge in [-0.15, -0.1) is 11.3 Å². The molecule has 6 nitrogen and oxygen atoms in total. The van der Waals surface area contributed by atoms with Gasteiger partial charge in [-0.1, -0.05) is 6.07 Å². The lowest BCUT2D eigenvalue weighted by Gasteiger charge is -2.36. The number of thiazole rings is 1. The first-order chi connectivity index (χ1) is 12.3. The molecule has 0 aromatic carbocycles. The number of amides is 1. The molecule has 7 heteroatoms.